The lowest BCUT2D eigenvalue weighted by Crippen LogP contribution is -2.13. The van der Waals surface area contributed by atoms with Crippen molar-refractivity contribution in [3.05, 3.63) is 68.0 Å². The van der Waals surface area contributed by atoms with E-state index in [1.165, 1.54) is 18.2 Å². The van der Waals surface area contributed by atoms with Gasteiger partial charge in [0.15, 0.2) is 17.3 Å². The zero-order valence-electron chi connectivity index (χ0n) is 13.2. The quantitative estimate of drug-likeness (QED) is 0.415. The lowest BCUT2D eigenvalue weighted by molar-refractivity contribution is -0.382. The standard InChI is InChI=1S/C17H7F2N5O3/c18-9-4-12-13(5-10(9)19)23-17(25)15(22-12)14-16(24(26)27)8-3-7(6-20)1-2-11(8)21-14/h1-5,21H,(H,23,25). The smallest absolute Gasteiger partial charge is 0.304 e. The van der Waals surface area contributed by atoms with Gasteiger partial charge in [0.1, 0.15) is 5.69 Å². The number of nitro groups is 1. The molecule has 2 heterocycles. The van der Waals surface area contributed by atoms with Gasteiger partial charge in [0.25, 0.3) is 5.56 Å². The molecule has 0 aliphatic rings. The molecule has 10 heteroatoms. The topological polar surface area (TPSA) is 128 Å². The van der Waals surface area contributed by atoms with E-state index in [1.54, 1.807) is 0 Å². The van der Waals surface area contributed by atoms with Gasteiger partial charge in [-0.25, -0.2) is 13.8 Å². The molecule has 0 fully saturated rings. The van der Waals surface area contributed by atoms with E-state index in [-0.39, 0.29) is 33.4 Å². The molecule has 132 valence electrons. The number of rotatable bonds is 2. The molecule has 8 nitrogen and oxygen atoms in total. The van der Waals surface area contributed by atoms with Gasteiger partial charge in [0, 0.05) is 12.1 Å². The van der Waals surface area contributed by atoms with Crippen LogP contribution in [0.4, 0.5) is 14.5 Å². The summed E-state index contributed by atoms with van der Waals surface area (Å²) in [7, 11) is 0. The summed E-state index contributed by atoms with van der Waals surface area (Å²) in [5.74, 6) is -2.33. The molecule has 0 saturated carbocycles. The highest BCUT2D eigenvalue weighted by atomic mass is 19.2. The fraction of sp³-hybridized carbons (Fsp3) is 0. The molecular weight excluding hydrogens is 360 g/mol. The van der Waals surface area contributed by atoms with Crippen molar-refractivity contribution in [2.45, 2.75) is 0 Å². The summed E-state index contributed by atoms with van der Waals surface area (Å²) in [4.78, 5) is 32.3. The molecule has 0 unspecified atom stereocenters. The highest BCUT2D eigenvalue weighted by molar-refractivity contribution is 5.98. The number of H-pyrrole nitrogens is 2. The highest BCUT2D eigenvalue weighted by Crippen LogP contribution is 2.35. The van der Waals surface area contributed by atoms with E-state index >= 15 is 0 Å². The molecule has 0 radical (unpaired) electrons. The van der Waals surface area contributed by atoms with Crippen LogP contribution < -0.4 is 5.56 Å². The molecule has 2 N–H and O–H groups in total. The number of halogens is 2. The Morgan fingerprint density at radius 3 is 2.56 bits per heavy atom. The number of nitrogens with zero attached hydrogens (tertiary/aromatic N) is 3. The number of nitriles is 1. The predicted molar refractivity (Wildman–Crippen MR) is 90.9 cm³/mol. The molecule has 0 aliphatic heterocycles. The maximum Gasteiger partial charge on any atom is 0.304 e. The van der Waals surface area contributed by atoms with E-state index in [2.05, 4.69) is 15.0 Å². The Kier molecular flexibility index (Phi) is 3.45. The van der Waals surface area contributed by atoms with Crippen molar-refractivity contribution in [1.29, 1.82) is 5.26 Å². The zero-order chi connectivity index (χ0) is 19.3. The lowest BCUT2D eigenvalue weighted by atomic mass is 10.1. The molecule has 0 bridgehead atoms. The van der Waals surface area contributed by atoms with E-state index in [1.807, 2.05) is 6.07 Å². The minimum atomic E-state index is -1.17. The number of benzene rings is 2. The average Bonchev–Trinajstić information content (AvgIpc) is 3.01. The van der Waals surface area contributed by atoms with Crippen LogP contribution in [-0.4, -0.2) is 19.9 Å². The maximum absolute atomic E-state index is 13.5. The summed E-state index contributed by atoms with van der Waals surface area (Å²) < 4.78 is 26.8. The fourth-order valence-electron chi connectivity index (χ4n) is 2.86. The summed E-state index contributed by atoms with van der Waals surface area (Å²) in [5.41, 5.74) is -1.41. The van der Waals surface area contributed by atoms with Crippen molar-refractivity contribution in [3.8, 4) is 17.5 Å². The monoisotopic (exact) mass is 367 g/mol. The Morgan fingerprint density at radius 1 is 1.11 bits per heavy atom. The van der Waals surface area contributed by atoms with Crippen molar-refractivity contribution in [2.24, 2.45) is 0 Å². The Hall–Kier alpha value is -4.13. The van der Waals surface area contributed by atoms with Crippen molar-refractivity contribution in [2.75, 3.05) is 0 Å². The highest BCUT2D eigenvalue weighted by Gasteiger charge is 2.26. The van der Waals surface area contributed by atoms with E-state index in [4.69, 9.17) is 5.26 Å². The van der Waals surface area contributed by atoms with Gasteiger partial charge < -0.3 is 9.97 Å². The largest absolute Gasteiger partial charge is 0.347 e. The second-order valence-electron chi connectivity index (χ2n) is 5.68. The van der Waals surface area contributed by atoms with Crippen molar-refractivity contribution in [3.63, 3.8) is 0 Å². The molecule has 0 aliphatic carbocycles. The van der Waals surface area contributed by atoms with Crippen LogP contribution in [-0.2, 0) is 0 Å². The number of aromatic nitrogens is 3. The Morgan fingerprint density at radius 2 is 1.85 bits per heavy atom. The van der Waals surface area contributed by atoms with Crippen molar-refractivity contribution < 1.29 is 13.7 Å². The van der Waals surface area contributed by atoms with Gasteiger partial charge in [0.2, 0.25) is 0 Å². The molecule has 2 aromatic heterocycles. The van der Waals surface area contributed by atoms with E-state index in [0.29, 0.717) is 5.52 Å². The molecular formula is C17H7F2N5O3. The normalized spacial score (nSPS) is 11.0. The van der Waals surface area contributed by atoms with Gasteiger partial charge >= 0.3 is 5.69 Å². The molecule has 0 amide bonds. The lowest BCUT2D eigenvalue weighted by Gasteiger charge is -2.02. The SMILES string of the molecule is N#Cc1ccc2[nH]c(-c3nc4cc(F)c(F)cc4[nH]c3=O)c([N+](=O)[O-])c2c1. The van der Waals surface area contributed by atoms with Crippen molar-refractivity contribution >= 4 is 27.6 Å². The molecule has 27 heavy (non-hydrogen) atoms. The fourth-order valence-corrected chi connectivity index (χ4v) is 2.86. The zero-order valence-corrected chi connectivity index (χ0v) is 13.2. The summed E-state index contributed by atoms with van der Waals surface area (Å²) in [5, 5.41) is 20.7. The van der Waals surface area contributed by atoms with Crippen LogP contribution in [0, 0.1) is 33.1 Å². The van der Waals surface area contributed by atoms with Crippen LogP contribution in [0.2, 0.25) is 0 Å². The number of nitrogens with one attached hydrogen (secondary N) is 2. The summed E-state index contributed by atoms with van der Waals surface area (Å²) in [6.07, 6.45) is 0. The molecule has 0 spiro atoms. The molecule has 0 saturated heterocycles. The first-order valence-electron chi connectivity index (χ1n) is 7.48. The van der Waals surface area contributed by atoms with Gasteiger partial charge in [-0.1, -0.05) is 0 Å². The minimum absolute atomic E-state index is 0.0480. The molecule has 4 aromatic rings. The van der Waals surface area contributed by atoms with Gasteiger partial charge in [-0.2, -0.15) is 5.26 Å². The third-order valence-corrected chi connectivity index (χ3v) is 4.05. The maximum atomic E-state index is 13.5. The van der Waals surface area contributed by atoms with Crippen LogP contribution in [0.5, 0.6) is 0 Å². The Bertz CT molecular complexity index is 1370. The number of hydrogen-bond acceptors (Lipinski definition) is 5. The number of hydrogen-bond donors (Lipinski definition) is 2. The van der Waals surface area contributed by atoms with Crippen LogP contribution in [0.1, 0.15) is 5.56 Å². The van der Waals surface area contributed by atoms with E-state index < -0.39 is 27.8 Å². The Balaban J connectivity index is 2.07. The summed E-state index contributed by atoms with van der Waals surface area (Å²) in [6, 6.07) is 7.69. The van der Waals surface area contributed by atoms with Crippen LogP contribution in [0.15, 0.2) is 35.1 Å². The van der Waals surface area contributed by atoms with Crippen LogP contribution >= 0.6 is 0 Å². The second kappa shape index (κ2) is 5.70. The summed E-state index contributed by atoms with van der Waals surface area (Å²) >= 11 is 0. The first-order valence-corrected chi connectivity index (χ1v) is 7.48. The minimum Gasteiger partial charge on any atom is -0.347 e. The van der Waals surface area contributed by atoms with E-state index in [9.17, 15) is 23.7 Å². The first-order chi connectivity index (χ1) is 12.9. The van der Waals surface area contributed by atoms with E-state index in [0.717, 1.165) is 12.1 Å². The molecule has 4 rings (SSSR count). The van der Waals surface area contributed by atoms with Gasteiger partial charge in [0.05, 0.1) is 38.5 Å². The first kappa shape index (κ1) is 16.3. The Labute approximate surface area is 147 Å². The average molecular weight is 367 g/mol. The molecule has 2 aromatic carbocycles. The van der Waals surface area contributed by atoms with Gasteiger partial charge in [-0.3, -0.25) is 14.9 Å². The number of fused-ring (bicyclic) bond motifs is 2. The summed E-state index contributed by atoms with van der Waals surface area (Å²) in [6.45, 7) is 0. The predicted octanol–water partition coefficient (Wildman–Crippen LogP) is 3.13. The molecule has 0 atom stereocenters. The van der Waals surface area contributed by atoms with Crippen molar-refractivity contribution in [1.82, 2.24) is 15.0 Å². The van der Waals surface area contributed by atoms with Crippen LogP contribution in [0.25, 0.3) is 33.3 Å². The van der Waals surface area contributed by atoms with Gasteiger partial charge in [-0.15, -0.1) is 0 Å². The number of aromatic amines is 2. The van der Waals surface area contributed by atoms with Crippen LogP contribution in [0.3, 0.4) is 0 Å². The third kappa shape index (κ3) is 2.49. The third-order valence-electron chi connectivity index (χ3n) is 4.05. The van der Waals surface area contributed by atoms with Gasteiger partial charge in [-0.05, 0) is 18.2 Å². The second-order valence-corrected chi connectivity index (χ2v) is 5.68.